The Morgan fingerprint density at radius 1 is 1.36 bits per heavy atom. The van der Waals surface area contributed by atoms with E-state index in [0.717, 1.165) is 17.5 Å². The number of hydrogen-bond acceptors (Lipinski definition) is 1. The molecule has 0 fully saturated rings. The number of rotatable bonds is 3. The molecule has 14 heavy (non-hydrogen) atoms. The summed E-state index contributed by atoms with van der Waals surface area (Å²) >= 11 is 0. The van der Waals surface area contributed by atoms with Gasteiger partial charge in [0.05, 0.1) is 0 Å². The fourth-order valence-electron chi connectivity index (χ4n) is 1.41. The van der Waals surface area contributed by atoms with Gasteiger partial charge in [0.1, 0.15) is 5.82 Å². The Kier molecular flexibility index (Phi) is 3.27. The van der Waals surface area contributed by atoms with Crippen molar-refractivity contribution in [2.75, 3.05) is 7.05 Å². The second-order valence-corrected chi connectivity index (χ2v) is 4.33. The first kappa shape index (κ1) is 11.2. The van der Waals surface area contributed by atoms with Gasteiger partial charge in [0.25, 0.3) is 0 Å². The van der Waals surface area contributed by atoms with Crippen molar-refractivity contribution in [3.8, 4) is 0 Å². The smallest absolute Gasteiger partial charge is 0.126 e. The molecule has 1 nitrogen and oxygen atoms in total. The number of nitrogens with one attached hydrogen (secondary N) is 1. The van der Waals surface area contributed by atoms with E-state index in [4.69, 9.17) is 0 Å². The average molecular weight is 195 g/mol. The van der Waals surface area contributed by atoms with E-state index >= 15 is 0 Å². The predicted octanol–water partition coefficient (Wildman–Crippen LogP) is 2.67. The van der Waals surface area contributed by atoms with Crippen molar-refractivity contribution in [2.24, 2.45) is 0 Å². The average Bonchev–Trinajstić information content (AvgIpc) is 2.13. The summed E-state index contributed by atoms with van der Waals surface area (Å²) in [7, 11) is 1.93. The molecule has 1 aromatic rings. The molecule has 0 heterocycles. The fourth-order valence-corrected chi connectivity index (χ4v) is 1.41. The van der Waals surface area contributed by atoms with Gasteiger partial charge in [-0.15, -0.1) is 0 Å². The minimum absolute atomic E-state index is 0.0125. The molecule has 0 aliphatic rings. The first-order valence-electron chi connectivity index (χ1n) is 4.89. The van der Waals surface area contributed by atoms with Gasteiger partial charge in [-0.3, -0.25) is 0 Å². The van der Waals surface area contributed by atoms with Gasteiger partial charge in [-0.25, -0.2) is 4.39 Å². The highest BCUT2D eigenvalue weighted by Gasteiger charge is 2.17. The van der Waals surface area contributed by atoms with E-state index < -0.39 is 0 Å². The molecule has 0 unspecified atom stereocenters. The zero-order valence-electron chi connectivity index (χ0n) is 9.32. The highest BCUT2D eigenvalue weighted by atomic mass is 19.1. The Morgan fingerprint density at radius 3 is 2.57 bits per heavy atom. The van der Waals surface area contributed by atoms with Crippen LogP contribution in [0, 0.1) is 12.7 Å². The molecule has 0 saturated heterocycles. The summed E-state index contributed by atoms with van der Waals surface area (Å²) in [5.41, 5.74) is 1.85. The van der Waals surface area contributed by atoms with Crippen LogP contribution in [0.15, 0.2) is 18.2 Å². The Labute approximate surface area is 85.3 Å². The molecule has 0 aliphatic heterocycles. The summed E-state index contributed by atoms with van der Waals surface area (Å²) in [5, 5.41) is 3.21. The molecule has 0 amide bonds. The second kappa shape index (κ2) is 4.09. The maximum Gasteiger partial charge on any atom is 0.126 e. The first-order valence-corrected chi connectivity index (χ1v) is 4.89. The van der Waals surface area contributed by atoms with Crippen LogP contribution < -0.4 is 5.32 Å². The topological polar surface area (TPSA) is 12.0 Å². The summed E-state index contributed by atoms with van der Waals surface area (Å²) in [6.45, 7) is 6.05. The van der Waals surface area contributed by atoms with Crippen LogP contribution in [0.4, 0.5) is 4.39 Å². The maximum atomic E-state index is 13.2. The molecule has 1 rings (SSSR count). The highest BCUT2D eigenvalue weighted by molar-refractivity contribution is 5.28. The number of likely N-dealkylation sites (N-methyl/N-ethyl adjacent to an activating group) is 1. The van der Waals surface area contributed by atoms with Crippen molar-refractivity contribution < 1.29 is 4.39 Å². The quantitative estimate of drug-likeness (QED) is 0.782. The summed E-state index contributed by atoms with van der Waals surface area (Å²) in [6.07, 6.45) is 0.840. The van der Waals surface area contributed by atoms with Crippen molar-refractivity contribution in [3.63, 3.8) is 0 Å². The Bertz CT molecular complexity index is 318. The monoisotopic (exact) mass is 195 g/mol. The third-order valence-corrected chi connectivity index (χ3v) is 2.69. The first-order chi connectivity index (χ1) is 6.46. The maximum absolute atomic E-state index is 13.2. The summed E-state index contributed by atoms with van der Waals surface area (Å²) in [6, 6.07) is 5.26. The van der Waals surface area contributed by atoms with Crippen molar-refractivity contribution in [1.29, 1.82) is 0 Å². The summed E-state index contributed by atoms with van der Waals surface area (Å²) in [4.78, 5) is 0. The summed E-state index contributed by atoms with van der Waals surface area (Å²) < 4.78 is 13.2. The van der Waals surface area contributed by atoms with Gasteiger partial charge in [0.15, 0.2) is 0 Å². The van der Waals surface area contributed by atoms with Gasteiger partial charge in [-0.05, 0) is 51.4 Å². The Morgan fingerprint density at radius 2 is 2.00 bits per heavy atom. The van der Waals surface area contributed by atoms with Crippen LogP contribution in [-0.4, -0.2) is 12.6 Å². The Balaban J connectivity index is 2.92. The van der Waals surface area contributed by atoms with E-state index in [9.17, 15) is 4.39 Å². The van der Waals surface area contributed by atoms with Crippen LogP contribution in [-0.2, 0) is 6.42 Å². The van der Waals surface area contributed by atoms with E-state index in [0.29, 0.717) is 0 Å². The normalized spacial score (nSPS) is 11.8. The largest absolute Gasteiger partial charge is 0.314 e. The van der Waals surface area contributed by atoms with Crippen LogP contribution in [0.2, 0.25) is 0 Å². The number of hydrogen-bond donors (Lipinski definition) is 1. The molecule has 0 spiro atoms. The molecule has 0 bridgehead atoms. The third kappa shape index (κ3) is 2.55. The van der Waals surface area contributed by atoms with Gasteiger partial charge >= 0.3 is 0 Å². The minimum atomic E-state index is -0.116. The molecule has 0 radical (unpaired) electrons. The predicted molar refractivity (Wildman–Crippen MR) is 58.0 cm³/mol. The van der Waals surface area contributed by atoms with Crippen LogP contribution in [0.1, 0.15) is 25.0 Å². The standard InChI is InChI=1S/C12H18FN/c1-9-10(6-5-7-11(9)13)8-12(2,3)14-4/h5-7,14H,8H2,1-4H3. The molecule has 2 heteroatoms. The number of benzene rings is 1. The fraction of sp³-hybridized carbons (Fsp3) is 0.500. The van der Waals surface area contributed by atoms with Crippen LogP contribution in [0.3, 0.4) is 0 Å². The minimum Gasteiger partial charge on any atom is -0.314 e. The lowest BCUT2D eigenvalue weighted by Crippen LogP contribution is -2.38. The second-order valence-electron chi connectivity index (χ2n) is 4.33. The lowest BCUT2D eigenvalue weighted by Gasteiger charge is -2.25. The SMILES string of the molecule is CNC(C)(C)Cc1cccc(F)c1C. The molecule has 1 N–H and O–H groups in total. The summed E-state index contributed by atoms with van der Waals surface area (Å²) in [5.74, 6) is -0.116. The van der Waals surface area contributed by atoms with Crippen LogP contribution in [0.5, 0.6) is 0 Å². The lowest BCUT2D eigenvalue weighted by atomic mass is 9.92. The van der Waals surface area contributed by atoms with Gasteiger partial charge in [0.2, 0.25) is 0 Å². The van der Waals surface area contributed by atoms with E-state index in [1.54, 1.807) is 6.07 Å². The molecule has 0 aliphatic carbocycles. The van der Waals surface area contributed by atoms with E-state index in [-0.39, 0.29) is 11.4 Å². The zero-order valence-corrected chi connectivity index (χ0v) is 9.32. The highest BCUT2D eigenvalue weighted by Crippen LogP contribution is 2.18. The van der Waals surface area contributed by atoms with Crippen LogP contribution >= 0.6 is 0 Å². The van der Waals surface area contributed by atoms with Crippen molar-refractivity contribution in [3.05, 3.63) is 35.1 Å². The Hall–Kier alpha value is -0.890. The third-order valence-electron chi connectivity index (χ3n) is 2.69. The van der Waals surface area contributed by atoms with E-state index in [2.05, 4.69) is 19.2 Å². The molecular weight excluding hydrogens is 177 g/mol. The van der Waals surface area contributed by atoms with Gasteiger partial charge in [-0.2, -0.15) is 0 Å². The van der Waals surface area contributed by atoms with Crippen LogP contribution in [0.25, 0.3) is 0 Å². The molecule has 0 atom stereocenters. The van der Waals surface area contributed by atoms with E-state index in [1.165, 1.54) is 6.07 Å². The molecule has 0 aromatic heterocycles. The van der Waals surface area contributed by atoms with Gasteiger partial charge in [0, 0.05) is 5.54 Å². The molecule has 1 aromatic carbocycles. The van der Waals surface area contributed by atoms with Crippen molar-refractivity contribution in [2.45, 2.75) is 32.7 Å². The van der Waals surface area contributed by atoms with Gasteiger partial charge < -0.3 is 5.32 Å². The molecule has 78 valence electrons. The van der Waals surface area contributed by atoms with Crippen molar-refractivity contribution in [1.82, 2.24) is 5.32 Å². The van der Waals surface area contributed by atoms with Gasteiger partial charge in [-0.1, -0.05) is 12.1 Å². The van der Waals surface area contributed by atoms with Crippen molar-refractivity contribution >= 4 is 0 Å². The lowest BCUT2D eigenvalue weighted by molar-refractivity contribution is 0.420. The zero-order chi connectivity index (χ0) is 10.8. The van der Waals surface area contributed by atoms with E-state index in [1.807, 2.05) is 20.0 Å². The number of halogens is 1. The molecule has 0 saturated carbocycles. The molecular formula is C12H18FN.